The molecular formula is C29H31N5O3. The number of ether oxygens (including phenoxy) is 1. The predicted molar refractivity (Wildman–Crippen MR) is 146 cm³/mol. The maximum Gasteiger partial charge on any atom is 0.338 e. The van der Waals surface area contributed by atoms with Crippen LogP contribution in [-0.2, 0) is 4.74 Å². The van der Waals surface area contributed by atoms with Crippen LogP contribution in [0.4, 0.5) is 11.6 Å². The Bertz CT molecular complexity index is 1480. The van der Waals surface area contributed by atoms with Gasteiger partial charge in [0.05, 0.1) is 16.9 Å². The van der Waals surface area contributed by atoms with E-state index in [9.17, 15) is 9.59 Å². The number of para-hydroxylation sites is 1. The minimum atomic E-state index is -0.584. The summed E-state index contributed by atoms with van der Waals surface area (Å²) in [7, 11) is 0. The first-order valence-electron chi connectivity index (χ1n) is 12.5. The van der Waals surface area contributed by atoms with Crippen molar-refractivity contribution in [3.05, 3.63) is 88.3 Å². The van der Waals surface area contributed by atoms with Crippen molar-refractivity contribution in [1.82, 2.24) is 14.5 Å². The lowest BCUT2D eigenvalue weighted by molar-refractivity contribution is 0.00695. The number of carbonyl (C=O) groups is 1. The maximum absolute atomic E-state index is 13.0. The molecule has 0 unspecified atom stereocenters. The molecule has 0 atom stereocenters. The zero-order valence-electron chi connectivity index (χ0n) is 21.6. The van der Waals surface area contributed by atoms with E-state index in [1.807, 2.05) is 33.8 Å². The topological polar surface area (TPSA) is 80.6 Å². The number of aromatic nitrogens is 3. The van der Waals surface area contributed by atoms with Gasteiger partial charge in [-0.1, -0.05) is 18.2 Å². The fourth-order valence-corrected chi connectivity index (χ4v) is 4.53. The molecule has 5 rings (SSSR count). The van der Waals surface area contributed by atoms with Crippen LogP contribution in [0, 0.1) is 6.92 Å². The van der Waals surface area contributed by atoms with Crippen molar-refractivity contribution in [2.24, 2.45) is 0 Å². The first-order chi connectivity index (χ1) is 17.7. The third kappa shape index (κ3) is 5.18. The monoisotopic (exact) mass is 497 g/mol. The first kappa shape index (κ1) is 24.5. The lowest BCUT2D eigenvalue weighted by Crippen LogP contribution is -2.47. The van der Waals surface area contributed by atoms with Crippen molar-refractivity contribution < 1.29 is 9.53 Å². The smallest absolute Gasteiger partial charge is 0.338 e. The summed E-state index contributed by atoms with van der Waals surface area (Å²) < 4.78 is 7.04. The second-order valence-electron chi connectivity index (χ2n) is 10.2. The third-order valence-corrected chi connectivity index (χ3v) is 6.37. The van der Waals surface area contributed by atoms with Crippen LogP contribution >= 0.6 is 0 Å². The summed E-state index contributed by atoms with van der Waals surface area (Å²) in [6.45, 7) is 10.7. The summed E-state index contributed by atoms with van der Waals surface area (Å²) in [6, 6.07) is 20.5. The van der Waals surface area contributed by atoms with Gasteiger partial charge in [0.2, 0.25) is 5.95 Å². The van der Waals surface area contributed by atoms with Crippen molar-refractivity contribution in [3.63, 3.8) is 0 Å². The normalized spacial score (nSPS) is 14.2. The van der Waals surface area contributed by atoms with E-state index in [-0.39, 0.29) is 5.56 Å². The van der Waals surface area contributed by atoms with Gasteiger partial charge >= 0.3 is 5.97 Å². The van der Waals surface area contributed by atoms with Gasteiger partial charge in [0.15, 0.2) is 5.65 Å². The summed E-state index contributed by atoms with van der Waals surface area (Å²) in [5.41, 5.74) is 2.84. The number of fused-ring (bicyclic) bond motifs is 1. The number of pyridine rings is 1. The van der Waals surface area contributed by atoms with Crippen molar-refractivity contribution in [3.8, 4) is 5.69 Å². The molecule has 4 aromatic rings. The van der Waals surface area contributed by atoms with Crippen LogP contribution in [0.25, 0.3) is 16.7 Å². The molecule has 0 N–H and O–H groups in total. The van der Waals surface area contributed by atoms with Gasteiger partial charge in [0, 0.05) is 43.3 Å². The SMILES string of the molecule is Cc1nc(N2CCN(c3ccccc3)CC2)nc2c1ccc(=O)n2-c1ccc(C(=O)OC(C)(C)C)cc1. The summed E-state index contributed by atoms with van der Waals surface area (Å²) in [5.74, 6) is 0.210. The maximum atomic E-state index is 13.0. The molecule has 8 heteroatoms. The number of hydrogen-bond acceptors (Lipinski definition) is 7. The molecule has 1 aliphatic rings. The van der Waals surface area contributed by atoms with Gasteiger partial charge in [0.25, 0.3) is 5.56 Å². The van der Waals surface area contributed by atoms with E-state index >= 15 is 0 Å². The van der Waals surface area contributed by atoms with Gasteiger partial charge < -0.3 is 14.5 Å². The second kappa shape index (κ2) is 9.69. The highest BCUT2D eigenvalue weighted by atomic mass is 16.6. The van der Waals surface area contributed by atoms with Crippen LogP contribution in [0.15, 0.2) is 71.5 Å². The largest absolute Gasteiger partial charge is 0.456 e. The van der Waals surface area contributed by atoms with Crippen molar-refractivity contribution >= 4 is 28.6 Å². The van der Waals surface area contributed by atoms with E-state index in [0.29, 0.717) is 22.8 Å². The van der Waals surface area contributed by atoms with Crippen molar-refractivity contribution in [1.29, 1.82) is 0 Å². The highest BCUT2D eigenvalue weighted by Gasteiger charge is 2.22. The van der Waals surface area contributed by atoms with E-state index in [2.05, 4.69) is 34.1 Å². The van der Waals surface area contributed by atoms with Gasteiger partial charge in [0.1, 0.15) is 5.60 Å². The van der Waals surface area contributed by atoms with E-state index in [0.717, 1.165) is 37.3 Å². The Morgan fingerprint density at radius 3 is 2.11 bits per heavy atom. The average molecular weight is 498 g/mol. The summed E-state index contributed by atoms with van der Waals surface area (Å²) >= 11 is 0. The Hall–Kier alpha value is -4.20. The molecule has 1 aliphatic heterocycles. The number of anilines is 2. The fourth-order valence-electron chi connectivity index (χ4n) is 4.53. The van der Waals surface area contributed by atoms with E-state index < -0.39 is 11.6 Å². The molecule has 3 heterocycles. The average Bonchev–Trinajstić information content (AvgIpc) is 2.88. The molecule has 2 aromatic heterocycles. The van der Waals surface area contributed by atoms with Crippen LogP contribution in [0.5, 0.6) is 0 Å². The molecule has 0 bridgehead atoms. The van der Waals surface area contributed by atoms with Crippen molar-refractivity contribution in [2.45, 2.75) is 33.3 Å². The molecule has 190 valence electrons. The minimum Gasteiger partial charge on any atom is -0.456 e. The molecule has 1 fully saturated rings. The number of hydrogen-bond donors (Lipinski definition) is 0. The number of benzene rings is 2. The molecule has 0 radical (unpaired) electrons. The molecule has 0 saturated carbocycles. The van der Waals surface area contributed by atoms with Crippen LogP contribution in [0.3, 0.4) is 0 Å². The summed E-state index contributed by atoms with van der Waals surface area (Å²) in [6.07, 6.45) is 0. The number of rotatable bonds is 4. The molecule has 2 aromatic carbocycles. The van der Waals surface area contributed by atoms with E-state index in [4.69, 9.17) is 14.7 Å². The molecule has 0 spiro atoms. The molecule has 8 nitrogen and oxygen atoms in total. The van der Waals surface area contributed by atoms with Crippen LogP contribution in [0.2, 0.25) is 0 Å². The summed E-state index contributed by atoms with van der Waals surface area (Å²) in [4.78, 5) is 39.6. The minimum absolute atomic E-state index is 0.199. The Morgan fingerprint density at radius 1 is 0.811 bits per heavy atom. The molecule has 1 saturated heterocycles. The van der Waals surface area contributed by atoms with Gasteiger partial charge in [-0.2, -0.15) is 4.98 Å². The molecule has 0 amide bonds. The van der Waals surface area contributed by atoms with Gasteiger partial charge in [-0.15, -0.1) is 0 Å². The molecule has 37 heavy (non-hydrogen) atoms. The zero-order chi connectivity index (χ0) is 26.2. The zero-order valence-corrected chi connectivity index (χ0v) is 21.6. The third-order valence-electron chi connectivity index (χ3n) is 6.37. The van der Waals surface area contributed by atoms with E-state index in [1.165, 1.54) is 11.8 Å². The number of carbonyl (C=O) groups excluding carboxylic acids is 1. The van der Waals surface area contributed by atoms with Crippen molar-refractivity contribution in [2.75, 3.05) is 36.0 Å². The first-order valence-corrected chi connectivity index (χ1v) is 12.5. The standard InChI is InChI=1S/C29H31N5O3/c1-20-24-14-15-25(35)34(23-12-10-21(11-13-23)27(36)37-29(2,3)4)26(24)31-28(30-20)33-18-16-32(17-19-33)22-8-6-5-7-9-22/h5-15H,16-19H2,1-4H3. The van der Waals surface area contributed by atoms with Crippen LogP contribution < -0.4 is 15.4 Å². The van der Waals surface area contributed by atoms with Gasteiger partial charge in [-0.25, -0.2) is 9.78 Å². The molecule has 0 aliphatic carbocycles. The Balaban J connectivity index is 1.46. The van der Waals surface area contributed by atoms with Gasteiger partial charge in [-0.3, -0.25) is 9.36 Å². The fraction of sp³-hybridized carbons (Fsp3) is 0.310. The summed E-state index contributed by atoms with van der Waals surface area (Å²) in [5, 5.41) is 0.808. The Labute approximate surface area is 216 Å². The highest BCUT2D eigenvalue weighted by molar-refractivity contribution is 5.90. The number of nitrogens with zero attached hydrogens (tertiary/aromatic N) is 5. The predicted octanol–water partition coefficient (Wildman–Crippen LogP) is 4.37. The Kier molecular flexibility index (Phi) is 6.41. The molecular weight excluding hydrogens is 466 g/mol. The van der Waals surface area contributed by atoms with Gasteiger partial charge in [-0.05, 0) is 70.2 Å². The highest BCUT2D eigenvalue weighted by Crippen LogP contribution is 2.23. The number of esters is 1. The number of piperazine rings is 1. The lowest BCUT2D eigenvalue weighted by atomic mass is 10.1. The second-order valence-corrected chi connectivity index (χ2v) is 10.2. The Morgan fingerprint density at radius 2 is 1.46 bits per heavy atom. The van der Waals surface area contributed by atoms with Crippen LogP contribution in [0.1, 0.15) is 36.8 Å². The van der Waals surface area contributed by atoms with E-state index in [1.54, 1.807) is 34.9 Å². The lowest BCUT2D eigenvalue weighted by Gasteiger charge is -2.36. The number of aryl methyl sites for hydroxylation is 1. The van der Waals surface area contributed by atoms with Crippen LogP contribution in [-0.4, -0.2) is 52.3 Å². The quantitative estimate of drug-likeness (QED) is 0.387.